The zero-order chi connectivity index (χ0) is 16.4. The van der Waals surface area contributed by atoms with Crippen molar-refractivity contribution in [3.8, 4) is 0 Å². The molecule has 1 atom stereocenters. The van der Waals surface area contributed by atoms with Gasteiger partial charge in [-0.2, -0.15) is 5.10 Å². The van der Waals surface area contributed by atoms with Crippen LogP contribution in [-0.4, -0.2) is 56.4 Å². The summed E-state index contributed by atoms with van der Waals surface area (Å²) in [5, 5.41) is 6.54. The minimum absolute atomic E-state index is 0.0129. The molecule has 0 aliphatic carbocycles. The fourth-order valence-electron chi connectivity index (χ4n) is 2.27. The Morgan fingerprint density at radius 2 is 1.86 bits per heavy atom. The monoisotopic (exact) mass is 311 g/mol. The number of nitrogens with one attached hydrogen (secondary N) is 1. The van der Waals surface area contributed by atoms with E-state index in [0.29, 0.717) is 5.82 Å². The van der Waals surface area contributed by atoms with E-state index in [-0.39, 0.29) is 25.5 Å². The van der Waals surface area contributed by atoms with Gasteiger partial charge >= 0.3 is 0 Å². The highest BCUT2D eigenvalue weighted by Crippen LogP contribution is 2.25. The maximum atomic E-state index is 13.2. The highest BCUT2D eigenvalue weighted by molar-refractivity contribution is 5.92. The van der Waals surface area contributed by atoms with Crippen LogP contribution < -0.4 is 0 Å². The van der Waals surface area contributed by atoms with E-state index in [9.17, 15) is 18.4 Å². The number of hydrogen-bond donors (Lipinski definition) is 1. The lowest BCUT2D eigenvalue weighted by atomic mass is 10.1. The first kappa shape index (κ1) is 15.8. The summed E-state index contributed by atoms with van der Waals surface area (Å²) in [5.41, 5.74) is 0. The number of aryl methyl sites for hydroxylation is 1. The fraction of sp³-hybridized carbons (Fsp3) is 0.385. The molecule has 1 saturated heterocycles. The summed E-state index contributed by atoms with van der Waals surface area (Å²) in [6.45, 7) is 7.62. The van der Waals surface area contributed by atoms with Gasteiger partial charge in [-0.05, 0) is 6.92 Å². The molecule has 22 heavy (non-hydrogen) atoms. The van der Waals surface area contributed by atoms with Gasteiger partial charge in [-0.1, -0.05) is 13.2 Å². The van der Waals surface area contributed by atoms with Gasteiger partial charge in [-0.3, -0.25) is 14.7 Å². The largest absolute Gasteiger partial charge is 0.332 e. The molecule has 0 spiro atoms. The summed E-state index contributed by atoms with van der Waals surface area (Å²) in [5.74, 6) is -3.28. The van der Waals surface area contributed by atoms with Crippen molar-refractivity contribution < 1.29 is 18.4 Å². The molecule has 1 unspecified atom stereocenters. The van der Waals surface area contributed by atoms with Crippen LogP contribution >= 0.6 is 0 Å². The van der Waals surface area contributed by atoms with E-state index in [0.717, 1.165) is 0 Å². The van der Waals surface area contributed by atoms with Crippen molar-refractivity contribution in [2.45, 2.75) is 13.0 Å². The number of hydrogen-bond acceptors (Lipinski definition) is 4. The summed E-state index contributed by atoms with van der Waals surface area (Å²) in [7, 11) is 0. The third-order valence-electron chi connectivity index (χ3n) is 3.31. The minimum Gasteiger partial charge on any atom is -0.332 e. The normalized spacial score (nSPS) is 18.2. The SMILES string of the molecule is C=C(F)C(=O)N1CCN(C(=O)C(=C)F)C(c2n[nH]c(C)n2)C1. The number of aromatic amines is 1. The lowest BCUT2D eigenvalue weighted by Crippen LogP contribution is -2.52. The Kier molecular flexibility index (Phi) is 4.34. The lowest BCUT2D eigenvalue weighted by molar-refractivity contribution is -0.140. The molecule has 0 saturated carbocycles. The van der Waals surface area contributed by atoms with Crippen molar-refractivity contribution in [1.82, 2.24) is 25.0 Å². The van der Waals surface area contributed by atoms with Crippen molar-refractivity contribution in [3.05, 3.63) is 36.5 Å². The smallest absolute Gasteiger partial charge is 0.282 e. The topological polar surface area (TPSA) is 82.2 Å². The van der Waals surface area contributed by atoms with Gasteiger partial charge in [0.05, 0.1) is 0 Å². The highest BCUT2D eigenvalue weighted by Gasteiger charge is 2.37. The number of rotatable bonds is 3. The predicted octanol–water partition coefficient (Wildman–Crippen LogP) is 0.791. The van der Waals surface area contributed by atoms with Gasteiger partial charge in [0.25, 0.3) is 11.8 Å². The molecule has 7 nitrogen and oxygen atoms in total. The average molecular weight is 311 g/mol. The molecule has 1 N–H and O–H groups in total. The predicted molar refractivity (Wildman–Crippen MR) is 72.6 cm³/mol. The van der Waals surface area contributed by atoms with Gasteiger partial charge in [0.1, 0.15) is 11.9 Å². The maximum Gasteiger partial charge on any atom is 0.282 e. The molecule has 2 heterocycles. The van der Waals surface area contributed by atoms with Crippen LogP contribution in [0.5, 0.6) is 0 Å². The van der Waals surface area contributed by atoms with Crippen molar-refractivity contribution in [3.63, 3.8) is 0 Å². The van der Waals surface area contributed by atoms with Crippen LogP contribution in [0, 0.1) is 6.92 Å². The number of nitrogens with zero attached hydrogens (tertiary/aromatic N) is 4. The van der Waals surface area contributed by atoms with Crippen LogP contribution in [-0.2, 0) is 9.59 Å². The molecular formula is C13H15F2N5O2. The van der Waals surface area contributed by atoms with Crippen molar-refractivity contribution >= 4 is 11.8 Å². The van der Waals surface area contributed by atoms with Gasteiger partial charge in [0.2, 0.25) is 0 Å². The maximum absolute atomic E-state index is 13.2. The number of amides is 2. The molecule has 2 amide bonds. The standard InChI is InChI=1S/C13H15F2N5O2/c1-7(14)12(21)19-4-5-20(13(22)8(2)15)10(6-19)11-16-9(3)17-18-11/h10H,1-2,4-6H2,3H3,(H,16,17,18). The molecule has 118 valence electrons. The summed E-state index contributed by atoms with van der Waals surface area (Å²) >= 11 is 0. The van der Waals surface area contributed by atoms with E-state index < -0.39 is 29.5 Å². The second kappa shape index (κ2) is 6.04. The molecule has 0 radical (unpaired) electrons. The molecule has 1 aliphatic rings. The Morgan fingerprint density at radius 3 is 2.36 bits per heavy atom. The second-order valence-electron chi connectivity index (χ2n) is 4.85. The number of halogens is 2. The molecular weight excluding hydrogens is 296 g/mol. The van der Waals surface area contributed by atoms with Gasteiger partial charge in [-0.15, -0.1) is 0 Å². The molecule has 0 bridgehead atoms. The molecule has 1 aromatic heterocycles. The van der Waals surface area contributed by atoms with E-state index in [1.165, 1.54) is 9.80 Å². The number of H-pyrrole nitrogens is 1. The summed E-state index contributed by atoms with van der Waals surface area (Å²) in [6.07, 6.45) is 0. The number of carbonyl (C=O) groups excluding carboxylic acids is 2. The van der Waals surface area contributed by atoms with Crippen LogP contribution in [0.2, 0.25) is 0 Å². The molecule has 1 aliphatic heterocycles. The second-order valence-corrected chi connectivity index (χ2v) is 4.85. The molecule has 1 fully saturated rings. The molecule has 9 heteroatoms. The number of piperazine rings is 1. The Labute approximate surface area is 125 Å². The zero-order valence-electron chi connectivity index (χ0n) is 12.0. The van der Waals surface area contributed by atoms with Gasteiger partial charge < -0.3 is 9.80 Å². The van der Waals surface area contributed by atoms with E-state index in [1.807, 2.05) is 0 Å². The number of aromatic nitrogens is 3. The van der Waals surface area contributed by atoms with Crippen molar-refractivity contribution in [2.75, 3.05) is 19.6 Å². The molecule has 2 rings (SSSR count). The zero-order valence-corrected chi connectivity index (χ0v) is 12.0. The highest BCUT2D eigenvalue weighted by atomic mass is 19.1. The molecule has 1 aromatic rings. The Balaban J connectivity index is 2.30. The quantitative estimate of drug-likeness (QED) is 0.837. The lowest BCUT2D eigenvalue weighted by Gasteiger charge is -2.39. The van der Waals surface area contributed by atoms with Crippen LogP contribution in [0.1, 0.15) is 17.7 Å². The van der Waals surface area contributed by atoms with Gasteiger partial charge in [-0.25, -0.2) is 13.8 Å². The van der Waals surface area contributed by atoms with Crippen LogP contribution in [0.3, 0.4) is 0 Å². The van der Waals surface area contributed by atoms with E-state index in [1.54, 1.807) is 6.92 Å². The first-order valence-electron chi connectivity index (χ1n) is 6.49. The minimum atomic E-state index is -1.12. The third-order valence-corrected chi connectivity index (χ3v) is 3.31. The van der Waals surface area contributed by atoms with Crippen LogP contribution in [0.4, 0.5) is 8.78 Å². The van der Waals surface area contributed by atoms with Crippen LogP contribution in [0.25, 0.3) is 0 Å². The first-order chi connectivity index (χ1) is 10.3. The molecule has 0 aromatic carbocycles. The Morgan fingerprint density at radius 1 is 1.23 bits per heavy atom. The summed E-state index contributed by atoms with van der Waals surface area (Å²) in [6, 6.07) is -0.790. The average Bonchev–Trinajstić information content (AvgIpc) is 2.91. The first-order valence-corrected chi connectivity index (χ1v) is 6.49. The van der Waals surface area contributed by atoms with Crippen LogP contribution in [0.15, 0.2) is 24.8 Å². The van der Waals surface area contributed by atoms with Crippen molar-refractivity contribution in [2.24, 2.45) is 0 Å². The Bertz CT molecular complexity index is 642. The van der Waals surface area contributed by atoms with Gasteiger partial charge in [0, 0.05) is 19.6 Å². The summed E-state index contributed by atoms with van der Waals surface area (Å²) < 4.78 is 26.2. The Hall–Kier alpha value is -2.58. The fourth-order valence-corrected chi connectivity index (χ4v) is 2.27. The van der Waals surface area contributed by atoms with Gasteiger partial charge in [0.15, 0.2) is 17.5 Å². The van der Waals surface area contributed by atoms with Crippen molar-refractivity contribution in [1.29, 1.82) is 0 Å². The number of carbonyl (C=O) groups is 2. The summed E-state index contributed by atoms with van der Waals surface area (Å²) in [4.78, 5) is 30.0. The van der Waals surface area contributed by atoms with E-state index in [2.05, 4.69) is 28.3 Å². The van der Waals surface area contributed by atoms with E-state index in [4.69, 9.17) is 0 Å². The van der Waals surface area contributed by atoms with E-state index >= 15 is 0 Å². The third kappa shape index (κ3) is 3.02.